The van der Waals surface area contributed by atoms with Gasteiger partial charge in [0.05, 0.1) is 12.0 Å². The highest BCUT2D eigenvalue weighted by Gasteiger charge is 2.41. The lowest BCUT2D eigenvalue weighted by Gasteiger charge is -2.36. The van der Waals surface area contributed by atoms with Crippen LogP contribution in [0.15, 0.2) is 12.3 Å². The zero-order valence-corrected chi connectivity index (χ0v) is 8.48. The fourth-order valence-electron chi connectivity index (χ4n) is 2.63. The summed E-state index contributed by atoms with van der Waals surface area (Å²) in [4.78, 5) is 13.4. The summed E-state index contributed by atoms with van der Waals surface area (Å²) in [6, 6.07) is 2.06. The molecule has 0 N–H and O–H groups in total. The van der Waals surface area contributed by atoms with Gasteiger partial charge in [-0.25, -0.2) is 0 Å². The van der Waals surface area contributed by atoms with Gasteiger partial charge in [-0.15, -0.1) is 12.3 Å². The second kappa shape index (κ2) is 3.58. The number of hydrogen-bond donors (Lipinski definition) is 0. The van der Waals surface area contributed by atoms with Crippen molar-refractivity contribution in [3.05, 3.63) is 12.3 Å². The van der Waals surface area contributed by atoms with E-state index in [2.05, 4.69) is 12.6 Å². The normalized spacial score (nSPS) is 34.7. The molecule has 0 aromatic rings. The van der Waals surface area contributed by atoms with E-state index in [9.17, 15) is 9.90 Å². The molecule has 4 heteroatoms. The smallest absolute Gasteiger partial charge is 0.224 e. The first-order valence-electron chi connectivity index (χ1n) is 5.18. The summed E-state index contributed by atoms with van der Waals surface area (Å²) >= 11 is 0. The van der Waals surface area contributed by atoms with Crippen molar-refractivity contribution in [1.82, 2.24) is 4.90 Å². The molecule has 3 atom stereocenters. The Kier molecular flexibility index (Phi) is 2.39. The standard InChI is InChI=1S/C11H14N2O2/c1-7(14)9-2-3-13-10(9)4-8(6-12)5-11(13)15/h8-10,14H,1-5H2/p-1. The molecule has 2 saturated heterocycles. The number of nitriles is 1. The molecule has 2 aliphatic heterocycles. The summed E-state index contributed by atoms with van der Waals surface area (Å²) in [6.07, 6.45) is 1.65. The Morgan fingerprint density at radius 3 is 3.00 bits per heavy atom. The van der Waals surface area contributed by atoms with Gasteiger partial charge in [0, 0.05) is 19.0 Å². The average Bonchev–Trinajstić information content (AvgIpc) is 2.61. The zero-order valence-electron chi connectivity index (χ0n) is 8.48. The number of rotatable bonds is 1. The van der Waals surface area contributed by atoms with Gasteiger partial charge in [-0.2, -0.15) is 5.26 Å². The van der Waals surface area contributed by atoms with E-state index in [4.69, 9.17) is 5.26 Å². The first-order valence-corrected chi connectivity index (χ1v) is 5.18. The van der Waals surface area contributed by atoms with Crippen molar-refractivity contribution in [2.24, 2.45) is 11.8 Å². The van der Waals surface area contributed by atoms with Gasteiger partial charge in [-0.1, -0.05) is 0 Å². The van der Waals surface area contributed by atoms with Gasteiger partial charge in [0.1, 0.15) is 0 Å². The van der Waals surface area contributed by atoms with Gasteiger partial charge < -0.3 is 10.0 Å². The maximum Gasteiger partial charge on any atom is 0.224 e. The Hall–Kier alpha value is -1.50. The SMILES string of the molecule is C=C([O-])C1CCN2C(=O)CC(C#N)CC12. The third kappa shape index (κ3) is 1.58. The largest absolute Gasteiger partial charge is 0.876 e. The maximum atomic E-state index is 11.7. The van der Waals surface area contributed by atoms with E-state index in [1.165, 1.54) is 0 Å². The predicted molar refractivity (Wildman–Crippen MR) is 51.1 cm³/mol. The number of fused-ring (bicyclic) bond motifs is 1. The van der Waals surface area contributed by atoms with E-state index < -0.39 is 0 Å². The summed E-state index contributed by atoms with van der Waals surface area (Å²) in [5.74, 6) is -0.459. The lowest BCUT2D eigenvalue weighted by molar-refractivity contribution is -0.315. The molecule has 1 amide bonds. The quantitative estimate of drug-likeness (QED) is 0.566. The lowest BCUT2D eigenvalue weighted by Crippen LogP contribution is -2.45. The van der Waals surface area contributed by atoms with Crippen LogP contribution in [-0.2, 0) is 4.79 Å². The van der Waals surface area contributed by atoms with E-state index in [1.54, 1.807) is 4.90 Å². The van der Waals surface area contributed by atoms with Gasteiger partial charge >= 0.3 is 0 Å². The average molecular weight is 205 g/mol. The molecule has 0 aromatic carbocycles. The molecule has 80 valence electrons. The van der Waals surface area contributed by atoms with Crippen LogP contribution in [0, 0.1) is 23.2 Å². The first kappa shape index (κ1) is 10.0. The number of nitrogens with zero attached hydrogens (tertiary/aromatic N) is 2. The molecular weight excluding hydrogens is 192 g/mol. The Morgan fingerprint density at radius 1 is 1.67 bits per heavy atom. The highest BCUT2D eigenvalue weighted by atomic mass is 16.3. The maximum absolute atomic E-state index is 11.7. The third-order valence-corrected chi connectivity index (χ3v) is 3.41. The van der Waals surface area contributed by atoms with Gasteiger partial charge in [0.25, 0.3) is 0 Å². The van der Waals surface area contributed by atoms with Crippen LogP contribution in [0.1, 0.15) is 19.3 Å². The molecule has 2 heterocycles. The Morgan fingerprint density at radius 2 is 2.40 bits per heavy atom. The van der Waals surface area contributed by atoms with Crippen molar-refractivity contribution in [2.75, 3.05) is 6.54 Å². The molecule has 2 fully saturated rings. The minimum atomic E-state index is -0.223. The van der Waals surface area contributed by atoms with Crippen LogP contribution in [0.3, 0.4) is 0 Å². The van der Waals surface area contributed by atoms with Crippen molar-refractivity contribution in [3.63, 3.8) is 0 Å². The lowest BCUT2D eigenvalue weighted by atomic mass is 9.86. The number of carbonyl (C=O) groups excluding carboxylic acids is 1. The molecule has 0 radical (unpaired) electrons. The molecular formula is C11H13N2O2-. The van der Waals surface area contributed by atoms with E-state index in [-0.39, 0.29) is 29.5 Å². The predicted octanol–water partition coefficient (Wildman–Crippen LogP) is 0.0111. The molecule has 2 rings (SSSR count). The number of hydrogen-bond acceptors (Lipinski definition) is 3. The molecule has 3 unspecified atom stereocenters. The molecule has 0 aliphatic carbocycles. The summed E-state index contributed by atoms with van der Waals surface area (Å²) in [5.41, 5.74) is 0. The number of carbonyl (C=O) groups is 1. The van der Waals surface area contributed by atoms with Crippen LogP contribution in [0.25, 0.3) is 0 Å². The molecule has 0 saturated carbocycles. The van der Waals surface area contributed by atoms with E-state index in [0.717, 1.165) is 0 Å². The van der Waals surface area contributed by atoms with E-state index in [0.29, 0.717) is 25.8 Å². The highest BCUT2D eigenvalue weighted by Crippen LogP contribution is 2.36. The van der Waals surface area contributed by atoms with Gasteiger partial charge in [-0.05, 0) is 18.8 Å². The Bertz CT molecular complexity index is 339. The van der Waals surface area contributed by atoms with Crippen LogP contribution >= 0.6 is 0 Å². The van der Waals surface area contributed by atoms with Crippen molar-refractivity contribution in [1.29, 1.82) is 5.26 Å². The van der Waals surface area contributed by atoms with Crippen molar-refractivity contribution in [3.8, 4) is 6.07 Å². The van der Waals surface area contributed by atoms with Crippen LogP contribution in [0.2, 0.25) is 0 Å². The van der Waals surface area contributed by atoms with E-state index in [1.807, 2.05) is 0 Å². The van der Waals surface area contributed by atoms with Gasteiger partial charge in [0.15, 0.2) is 0 Å². The van der Waals surface area contributed by atoms with Crippen molar-refractivity contribution >= 4 is 5.91 Å². The molecule has 0 bridgehead atoms. The monoisotopic (exact) mass is 205 g/mol. The summed E-state index contributed by atoms with van der Waals surface area (Å²) in [6.45, 7) is 4.07. The second-order valence-electron chi connectivity index (χ2n) is 4.28. The fourth-order valence-corrected chi connectivity index (χ4v) is 2.63. The zero-order chi connectivity index (χ0) is 11.0. The first-order chi connectivity index (χ1) is 7.13. The molecule has 0 spiro atoms. The third-order valence-electron chi connectivity index (χ3n) is 3.41. The van der Waals surface area contributed by atoms with Crippen molar-refractivity contribution < 1.29 is 9.90 Å². The van der Waals surface area contributed by atoms with Crippen LogP contribution in [0.5, 0.6) is 0 Å². The number of amides is 1. The summed E-state index contributed by atoms with van der Waals surface area (Å²) < 4.78 is 0. The molecule has 4 nitrogen and oxygen atoms in total. The fraction of sp³-hybridized carbons (Fsp3) is 0.636. The highest BCUT2D eigenvalue weighted by molar-refractivity contribution is 5.78. The Labute approximate surface area is 88.8 Å². The molecule has 0 aromatic heterocycles. The van der Waals surface area contributed by atoms with Gasteiger partial charge in [-0.3, -0.25) is 4.79 Å². The minimum Gasteiger partial charge on any atom is -0.876 e. The van der Waals surface area contributed by atoms with E-state index >= 15 is 0 Å². The summed E-state index contributed by atoms with van der Waals surface area (Å²) in [7, 11) is 0. The topological polar surface area (TPSA) is 67.2 Å². The Balaban J connectivity index is 2.19. The second-order valence-corrected chi connectivity index (χ2v) is 4.28. The molecule has 2 aliphatic rings. The van der Waals surface area contributed by atoms with Crippen LogP contribution in [-0.4, -0.2) is 23.4 Å². The minimum absolute atomic E-state index is 0.0153. The van der Waals surface area contributed by atoms with Crippen molar-refractivity contribution in [2.45, 2.75) is 25.3 Å². The van der Waals surface area contributed by atoms with Crippen LogP contribution in [0.4, 0.5) is 0 Å². The number of piperidine rings is 1. The summed E-state index contributed by atoms with van der Waals surface area (Å²) in [5, 5.41) is 20.1. The molecule has 15 heavy (non-hydrogen) atoms. The van der Waals surface area contributed by atoms with Crippen LogP contribution < -0.4 is 5.11 Å². The van der Waals surface area contributed by atoms with Gasteiger partial charge in [0.2, 0.25) is 5.91 Å².